The van der Waals surface area contributed by atoms with Crippen LogP contribution in [0.25, 0.3) is 0 Å². The fourth-order valence-electron chi connectivity index (χ4n) is 3.22. The van der Waals surface area contributed by atoms with Gasteiger partial charge in [0.15, 0.2) is 0 Å². The normalized spacial score (nSPS) is 11.1. The van der Waals surface area contributed by atoms with E-state index in [9.17, 15) is 4.79 Å². The number of nitrogens with zero attached hydrogens (tertiary/aromatic N) is 2. The molecule has 3 aromatic carbocycles. The molecule has 0 aliphatic carbocycles. The van der Waals surface area contributed by atoms with E-state index in [1.165, 1.54) is 5.56 Å². The van der Waals surface area contributed by atoms with Crippen molar-refractivity contribution < 1.29 is 4.79 Å². The molecule has 154 valence electrons. The van der Waals surface area contributed by atoms with E-state index in [1.807, 2.05) is 67.6 Å². The SMILES string of the molecule is Cc1ccc(N(CCc2ccc(C#N)cc2)C(=O)C(N)c2ccccc2)cc1C.Cl. The van der Waals surface area contributed by atoms with E-state index in [2.05, 4.69) is 13.0 Å². The average Bonchev–Trinajstić information content (AvgIpc) is 2.76. The Balaban J connectivity index is 0.00000320. The highest BCUT2D eigenvalue weighted by atomic mass is 35.5. The number of carbonyl (C=O) groups excluding carboxylic acids is 1. The number of carbonyl (C=O) groups is 1. The molecule has 0 aromatic heterocycles. The largest absolute Gasteiger partial charge is 0.316 e. The van der Waals surface area contributed by atoms with Crippen molar-refractivity contribution in [1.82, 2.24) is 0 Å². The predicted octanol–water partition coefficient (Wildman–Crippen LogP) is 4.87. The van der Waals surface area contributed by atoms with Crippen LogP contribution >= 0.6 is 12.4 Å². The van der Waals surface area contributed by atoms with Crippen molar-refractivity contribution in [2.75, 3.05) is 11.4 Å². The van der Waals surface area contributed by atoms with Crippen molar-refractivity contribution in [1.29, 1.82) is 5.26 Å². The van der Waals surface area contributed by atoms with Crippen LogP contribution in [-0.2, 0) is 11.2 Å². The van der Waals surface area contributed by atoms with Crippen molar-refractivity contribution in [3.8, 4) is 6.07 Å². The molecule has 1 unspecified atom stereocenters. The molecule has 30 heavy (non-hydrogen) atoms. The van der Waals surface area contributed by atoms with Crippen molar-refractivity contribution in [2.24, 2.45) is 5.73 Å². The van der Waals surface area contributed by atoms with E-state index in [0.29, 0.717) is 18.5 Å². The zero-order valence-corrected chi connectivity index (χ0v) is 18.0. The third kappa shape index (κ3) is 5.48. The third-order valence-corrected chi connectivity index (χ3v) is 5.20. The lowest BCUT2D eigenvalue weighted by molar-refractivity contribution is -0.120. The maximum absolute atomic E-state index is 13.3. The van der Waals surface area contributed by atoms with Crippen LogP contribution in [0.2, 0.25) is 0 Å². The summed E-state index contributed by atoms with van der Waals surface area (Å²) in [6, 6.07) is 24.3. The molecule has 3 aromatic rings. The monoisotopic (exact) mass is 419 g/mol. The van der Waals surface area contributed by atoms with Crippen LogP contribution in [0.4, 0.5) is 5.69 Å². The van der Waals surface area contributed by atoms with Crippen LogP contribution < -0.4 is 10.6 Å². The van der Waals surface area contributed by atoms with E-state index >= 15 is 0 Å². The summed E-state index contributed by atoms with van der Waals surface area (Å²) in [5.74, 6) is -0.131. The maximum atomic E-state index is 13.3. The van der Waals surface area contributed by atoms with Gasteiger partial charge in [0.2, 0.25) is 5.91 Å². The van der Waals surface area contributed by atoms with Gasteiger partial charge in [-0.1, -0.05) is 48.5 Å². The minimum absolute atomic E-state index is 0. The quantitative estimate of drug-likeness (QED) is 0.619. The molecule has 0 bridgehead atoms. The first-order valence-electron chi connectivity index (χ1n) is 9.68. The number of nitriles is 1. The van der Waals surface area contributed by atoms with Gasteiger partial charge in [-0.3, -0.25) is 4.79 Å². The Kier molecular flexibility index (Phi) is 8.17. The Hall–Kier alpha value is -3.13. The van der Waals surface area contributed by atoms with Crippen molar-refractivity contribution in [2.45, 2.75) is 26.3 Å². The van der Waals surface area contributed by atoms with Gasteiger partial charge < -0.3 is 10.6 Å². The number of aryl methyl sites for hydroxylation is 2. The highest BCUT2D eigenvalue weighted by Crippen LogP contribution is 2.23. The summed E-state index contributed by atoms with van der Waals surface area (Å²) in [6.07, 6.45) is 0.673. The van der Waals surface area contributed by atoms with Gasteiger partial charge in [0.05, 0.1) is 11.6 Å². The van der Waals surface area contributed by atoms with Crippen LogP contribution in [-0.4, -0.2) is 12.5 Å². The van der Waals surface area contributed by atoms with Crippen LogP contribution in [0, 0.1) is 25.2 Å². The Morgan fingerprint density at radius 1 is 1.00 bits per heavy atom. The molecule has 4 nitrogen and oxygen atoms in total. The molecule has 0 heterocycles. The molecule has 2 N–H and O–H groups in total. The number of halogens is 1. The van der Waals surface area contributed by atoms with Crippen LogP contribution in [0.5, 0.6) is 0 Å². The van der Waals surface area contributed by atoms with Gasteiger partial charge in [-0.15, -0.1) is 12.4 Å². The van der Waals surface area contributed by atoms with E-state index in [1.54, 1.807) is 17.0 Å². The molecule has 1 atom stereocenters. The minimum atomic E-state index is -0.723. The maximum Gasteiger partial charge on any atom is 0.248 e. The van der Waals surface area contributed by atoms with E-state index < -0.39 is 6.04 Å². The number of hydrogen-bond donors (Lipinski definition) is 1. The van der Waals surface area contributed by atoms with E-state index in [-0.39, 0.29) is 18.3 Å². The fourth-order valence-corrected chi connectivity index (χ4v) is 3.22. The first kappa shape index (κ1) is 23.2. The van der Waals surface area contributed by atoms with Crippen LogP contribution in [0.3, 0.4) is 0 Å². The molecule has 5 heteroatoms. The summed E-state index contributed by atoms with van der Waals surface area (Å²) in [6.45, 7) is 4.60. The summed E-state index contributed by atoms with van der Waals surface area (Å²) in [4.78, 5) is 15.1. The first-order chi connectivity index (χ1) is 14.0. The van der Waals surface area contributed by atoms with Gasteiger partial charge >= 0.3 is 0 Å². The van der Waals surface area contributed by atoms with Gasteiger partial charge in [-0.05, 0) is 66.8 Å². The Labute approximate surface area is 184 Å². The number of nitrogens with two attached hydrogens (primary N) is 1. The zero-order valence-electron chi connectivity index (χ0n) is 17.2. The molecular formula is C25H26ClN3O. The molecule has 0 saturated heterocycles. The van der Waals surface area contributed by atoms with E-state index in [4.69, 9.17) is 11.0 Å². The number of amides is 1. The first-order valence-corrected chi connectivity index (χ1v) is 9.68. The van der Waals surface area contributed by atoms with Crippen molar-refractivity contribution in [3.63, 3.8) is 0 Å². The average molecular weight is 420 g/mol. The third-order valence-electron chi connectivity index (χ3n) is 5.20. The topological polar surface area (TPSA) is 70.1 Å². The number of benzene rings is 3. The molecular weight excluding hydrogens is 394 g/mol. The second-order valence-electron chi connectivity index (χ2n) is 7.21. The van der Waals surface area contributed by atoms with Gasteiger partial charge in [-0.25, -0.2) is 0 Å². The van der Waals surface area contributed by atoms with Crippen LogP contribution in [0.1, 0.15) is 33.9 Å². The lowest BCUT2D eigenvalue weighted by Gasteiger charge is -2.27. The molecule has 1 amide bonds. The smallest absolute Gasteiger partial charge is 0.248 e. The zero-order chi connectivity index (χ0) is 20.8. The van der Waals surface area contributed by atoms with Gasteiger partial charge in [0.1, 0.15) is 6.04 Å². The summed E-state index contributed by atoms with van der Waals surface area (Å²) < 4.78 is 0. The highest BCUT2D eigenvalue weighted by molar-refractivity contribution is 5.97. The van der Waals surface area contributed by atoms with Gasteiger partial charge in [0.25, 0.3) is 0 Å². The van der Waals surface area contributed by atoms with Crippen molar-refractivity contribution in [3.05, 3.63) is 101 Å². The summed E-state index contributed by atoms with van der Waals surface area (Å²) in [7, 11) is 0. The predicted molar refractivity (Wildman–Crippen MR) is 124 cm³/mol. The molecule has 3 rings (SSSR count). The Morgan fingerprint density at radius 3 is 2.27 bits per heavy atom. The Bertz CT molecular complexity index is 1030. The molecule has 0 saturated carbocycles. The summed E-state index contributed by atoms with van der Waals surface area (Å²) >= 11 is 0. The van der Waals surface area contributed by atoms with Gasteiger partial charge in [0, 0.05) is 12.2 Å². The molecule has 0 radical (unpaired) electrons. The lowest BCUT2D eigenvalue weighted by Crippen LogP contribution is -2.40. The Morgan fingerprint density at radius 2 is 1.67 bits per heavy atom. The fraction of sp³-hybridized carbons (Fsp3) is 0.200. The molecule has 0 aliphatic rings. The summed E-state index contributed by atoms with van der Waals surface area (Å²) in [5.41, 5.74) is 12.0. The van der Waals surface area contributed by atoms with Crippen LogP contribution in [0.15, 0.2) is 72.8 Å². The highest BCUT2D eigenvalue weighted by Gasteiger charge is 2.24. The second kappa shape index (κ2) is 10.6. The number of rotatable bonds is 6. The second-order valence-corrected chi connectivity index (χ2v) is 7.21. The molecule has 0 fully saturated rings. The molecule has 0 aliphatic heterocycles. The minimum Gasteiger partial charge on any atom is -0.316 e. The number of anilines is 1. The van der Waals surface area contributed by atoms with Crippen molar-refractivity contribution >= 4 is 24.0 Å². The lowest BCUT2D eigenvalue weighted by atomic mass is 10.0. The van der Waals surface area contributed by atoms with Gasteiger partial charge in [-0.2, -0.15) is 5.26 Å². The number of hydrogen-bond acceptors (Lipinski definition) is 3. The van der Waals surface area contributed by atoms with E-state index in [0.717, 1.165) is 22.4 Å². The molecule has 0 spiro atoms. The standard InChI is InChI=1S/C25H25N3O.ClH/c1-18-8-13-23(16-19(18)2)28(15-14-20-9-11-21(17-26)12-10-20)25(29)24(27)22-6-4-3-5-7-22;/h3-13,16,24H,14-15,27H2,1-2H3;1H. The summed E-state index contributed by atoms with van der Waals surface area (Å²) in [5, 5.41) is 8.97.